The van der Waals surface area contributed by atoms with E-state index in [1.807, 2.05) is 4.90 Å². The number of carbonyl (C=O) groups excluding carboxylic acids is 1. The fraction of sp³-hybridized carbons (Fsp3) is 0.923. The van der Waals surface area contributed by atoms with Gasteiger partial charge in [-0.2, -0.15) is 0 Å². The van der Waals surface area contributed by atoms with Crippen LogP contribution < -0.4 is 5.73 Å². The first-order valence-electron chi connectivity index (χ1n) is 6.95. The van der Waals surface area contributed by atoms with Crippen LogP contribution >= 0.6 is 0 Å². The summed E-state index contributed by atoms with van der Waals surface area (Å²) in [5.74, 6) is 0.198. The topological polar surface area (TPSA) is 64.8 Å². The molecule has 1 aliphatic heterocycles. The second-order valence-corrected chi connectivity index (χ2v) is 4.60. The second kappa shape index (κ2) is 9.30. The Kier molecular flexibility index (Phi) is 7.96. The van der Waals surface area contributed by atoms with Gasteiger partial charge < -0.3 is 20.1 Å². The molecule has 0 radical (unpaired) electrons. The van der Waals surface area contributed by atoms with E-state index in [2.05, 4.69) is 6.92 Å². The number of nitrogens with two attached hydrogens (primary N) is 1. The quantitative estimate of drug-likeness (QED) is 0.653. The van der Waals surface area contributed by atoms with Crippen LogP contribution in [0.2, 0.25) is 0 Å². The SMILES string of the molecule is CCCOCCC(=O)N1CCC(OCCN)CC1. The molecule has 1 rings (SSSR count). The predicted octanol–water partition coefficient (Wildman–Crippen LogP) is 0.769. The lowest BCUT2D eigenvalue weighted by Gasteiger charge is -2.32. The molecule has 5 heteroatoms. The van der Waals surface area contributed by atoms with E-state index in [1.165, 1.54) is 0 Å². The highest BCUT2D eigenvalue weighted by Gasteiger charge is 2.22. The van der Waals surface area contributed by atoms with Crippen molar-refractivity contribution < 1.29 is 14.3 Å². The van der Waals surface area contributed by atoms with E-state index in [0.717, 1.165) is 39.0 Å². The Morgan fingerprint density at radius 2 is 2.00 bits per heavy atom. The standard InChI is InChI=1S/C13H26N2O3/c1-2-9-17-10-5-13(16)15-7-3-12(4-8-15)18-11-6-14/h12H,2-11,14H2,1H3. The number of hydrogen-bond donors (Lipinski definition) is 1. The minimum absolute atomic E-state index is 0.198. The number of nitrogens with zero attached hydrogens (tertiary/aromatic N) is 1. The van der Waals surface area contributed by atoms with Crippen molar-refractivity contribution in [2.45, 2.75) is 38.7 Å². The van der Waals surface area contributed by atoms with E-state index in [4.69, 9.17) is 15.2 Å². The van der Waals surface area contributed by atoms with Crippen molar-refractivity contribution in [2.24, 2.45) is 5.73 Å². The summed E-state index contributed by atoms with van der Waals surface area (Å²) in [6.07, 6.45) is 3.60. The number of hydrogen-bond acceptors (Lipinski definition) is 4. The van der Waals surface area contributed by atoms with E-state index < -0.39 is 0 Å². The average molecular weight is 258 g/mol. The zero-order valence-corrected chi connectivity index (χ0v) is 11.4. The summed E-state index contributed by atoms with van der Waals surface area (Å²) >= 11 is 0. The molecule has 5 nitrogen and oxygen atoms in total. The third-order valence-corrected chi connectivity index (χ3v) is 3.07. The van der Waals surface area contributed by atoms with Crippen molar-refractivity contribution in [3.63, 3.8) is 0 Å². The van der Waals surface area contributed by atoms with Gasteiger partial charge >= 0.3 is 0 Å². The number of piperidine rings is 1. The maximum atomic E-state index is 11.9. The van der Waals surface area contributed by atoms with Crippen molar-refractivity contribution in [1.29, 1.82) is 0 Å². The van der Waals surface area contributed by atoms with Gasteiger partial charge in [-0.1, -0.05) is 6.92 Å². The highest BCUT2D eigenvalue weighted by Crippen LogP contribution is 2.14. The molecule has 1 saturated heterocycles. The smallest absolute Gasteiger partial charge is 0.224 e. The van der Waals surface area contributed by atoms with Crippen LogP contribution in [0.1, 0.15) is 32.6 Å². The van der Waals surface area contributed by atoms with Crippen molar-refractivity contribution in [2.75, 3.05) is 39.5 Å². The molecule has 0 aromatic heterocycles. The number of rotatable bonds is 8. The van der Waals surface area contributed by atoms with Crippen molar-refractivity contribution in [3.8, 4) is 0 Å². The molecule has 1 fully saturated rings. The zero-order valence-electron chi connectivity index (χ0n) is 11.4. The fourth-order valence-electron chi connectivity index (χ4n) is 2.07. The molecule has 0 aromatic rings. The highest BCUT2D eigenvalue weighted by molar-refractivity contribution is 5.76. The predicted molar refractivity (Wildman–Crippen MR) is 70.3 cm³/mol. The summed E-state index contributed by atoms with van der Waals surface area (Å²) in [6, 6.07) is 0. The molecule has 0 aromatic carbocycles. The summed E-state index contributed by atoms with van der Waals surface area (Å²) in [7, 11) is 0. The van der Waals surface area contributed by atoms with Crippen LogP contribution in [-0.4, -0.2) is 56.4 Å². The molecule has 0 spiro atoms. The lowest BCUT2D eigenvalue weighted by atomic mass is 10.1. The summed E-state index contributed by atoms with van der Waals surface area (Å²) in [4.78, 5) is 13.8. The Bertz CT molecular complexity index is 228. The van der Waals surface area contributed by atoms with Crippen LogP contribution in [0.5, 0.6) is 0 Å². The summed E-state index contributed by atoms with van der Waals surface area (Å²) in [5, 5.41) is 0. The summed E-state index contributed by atoms with van der Waals surface area (Å²) < 4.78 is 10.9. The van der Waals surface area contributed by atoms with Gasteiger partial charge in [-0.3, -0.25) is 4.79 Å². The first kappa shape index (κ1) is 15.4. The lowest BCUT2D eigenvalue weighted by molar-refractivity contribution is -0.134. The van der Waals surface area contributed by atoms with Gasteiger partial charge in [0.05, 0.1) is 25.7 Å². The minimum Gasteiger partial charge on any atom is -0.381 e. The van der Waals surface area contributed by atoms with Crippen molar-refractivity contribution in [1.82, 2.24) is 4.90 Å². The van der Waals surface area contributed by atoms with Crippen LogP contribution in [0, 0.1) is 0 Å². The van der Waals surface area contributed by atoms with Crippen LogP contribution in [0.15, 0.2) is 0 Å². The molecule has 1 amide bonds. The van der Waals surface area contributed by atoms with Crippen molar-refractivity contribution in [3.05, 3.63) is 0 Å². The van der Waals surface area contributed by atoms with Gasteiger partial charge in [0.15, 0.2) is 0 Å². The Labute approximate surface area is 110 Å². The number of likely N-dealkylation sites (tertiary alicyclic amines) is 1. The number of carbonyl (C=O) groups is 1. The normalized spacial score (nSPS) is 17.1. The third-order valence-electron chi connectivity index (χ3n) is 3.07. The van der Waals surface area contributed by atoms with Crippen molar-refractivity contribution >= 4 is 5.91 Å². The minimum atomic E-state index is 0.198. The average Bonchev–Trinajstić information content (AvgIpc) is 2.41. The van der Waals surface area contributed by atoms with Gasteiger partial charge in [0, 0.05) is 26.2 Å². The Morgan fingerprint density at radius 1 is 1.28 bits per heavy atom. The van der Waals surface area contributed by atoms with Gasteiger partial charge in [0.25, 0.3) is 0 Å². The first-order valence-corrected chi connectivity index (χ1v) is 6.95. The van der Waals surface area contributed by atoms with E-state index >= 15 is 0 Å². The molecule has 2 N–H and O–H groups in total. The molecule has 106 valence electrons. The van der Waals surface area contributed by atoms with Gasteiger partial charge in [-0.25, -0.2) is 0 Å². The van der Waals surface area contributed by atoms with Gasteiger partial charge in [0.2, 0.25) is 5.91 Å². The molecular weight excluding hydrogens is 232 g/mol. The van der Waals surface area contributed by atoms with E-state index in [9.17, 15) is 4.79 Å². The number of amides is 1. The fourth-order valence-corrected chi connectivity index (χ4v) is 2.07. The Balaban J connectivity index is 2.11. The Hall–Kier alpha value is -0.650. The molecule has 1 aliphatic rings. The van der Waals surface area contributed by atoms with Gasteiger partial charge in [-0.05, 0) is 19.3 Å². The first-order chi connectivity index (χ1) is 8.77. The molecular formula is C13H26N2O3. The van der Waals surface area contributed by atoms with Gasteiger partial charge in [0.1, 0.15) is 0 Å². The maximum absolute atomic E-state index is 11.9. The highest BCUT2D eigenvalue weighted by atomic mass is 16.5. The Morgan fingerprint density at radius 3 is 2.61 bits per heavy atom. The van der Waals surface area contributed by atoms with Crippen LogP contribution in [-0.2, 0) is 14.3 Å². The molecule has 0 unspecified atom stereocenters. The maximum Gasteiger partial charge on any atom is 0.224 e. The van der Waals surface area contributed by atoms with Gasteiger partial charge in [-0.15, -0.1) is 0 Å². The monoisotopic (exact) mass is 258 g/mol. The molecule has 0 bridgehead atoms. The summed E-state index contributed by atoms with van der Waals surface area (Å²) in [6.45, 7) is 6.10. The van der Waals surface area contributed by atoms with E-state index in [1.54, 1.807) is 0 Å². The third kappa shape index (κ3) is 5.80. The van der Waals surface area contributed by atoms with E-state index in [-0.39, 0.29) is 12.0 Å². The molecule has 18 heavy (non-hydrogen) atoms. The van der Waals surface area contributed by atoms with Crippen LogP contribution in [0.4, 0.5) is 0 Å². The molecule has 1 heterocycles. The van der Waals surface area contributed by atoms with Crippen LogP contribution in [0.25, 0.3) is 0 Å². The molecule has 0 aliphatic carbocycles. The molecule has 0 saturated carbocycles. The number of ether oxygens (including phenoxy) is 2. The molecule has 0 atom stereocenters. The summed E-state index contributed by atoms with van der Waals surface area (Å²) in [5.41, 5.74) is 5.40. The zero-order chi connectivity index (χ0) is 13.2. The second-order valence-electron chi connectivity index (χ2n) is 4.60. The largest absolute Gasteiger partial charge is 0.381 e. The van der Waals surface area contributed by atoms with E-state index in [0.29, 0.717) is 26.2 Å². The van der Waals surface area contributed by atoms with Crippen LogP contribution in [0.3, 0.4) is 0 Å². The lowest BCUT2D eigenvalue weighted by Crippen LogP contribution is -2.41.